The molecule has 0 amide bonds. The molecular weight excluding hydrogens is 459 g/mol. The summed E-state index contributed by atoms with van der Waals surface area (Å²) in [7, 11) is -3.50. The number of anilines is 1. The molecule has 30 heavy (non-hydrogen) atoms. The van der Waals surface area contributed by atoms with Gasteiger partial charge in [-0.3, -0.25) is 0 Å². The van der Waals surface area contributed by atoms with E-state index in [4.69, 9.17) is 28.2 Å². The van der Waals surface area contributed by atoms with Gasteiger partial charge in [-0.25, -0.2) is 13.4 Å². The Morgan fingerprint density at radius 3 is 2.33 bits per heavy atom. The topological polar surface area (TPSA) is 50.3 Å². The summed E-state index contributed by atoms with van der Waals surface area (Å²) in [4.78, 5) is 7.15. The molecule has 1 fully saturated rings. The average molecular weight is 481 g/mol. The van der Waals surface area contributed by atoms with Crippen molar-refractivity contribution >= 4 is 49.5 Å². The Morgan fingerprint density at radius 1 is 1.03 bits per heavy atom. The van der Waals surface area contributed by atoms with Crippen LogP contribution in [-0.4, -0.2) is 31.7 Å². The maximum Gasteiger partial charge on any atom is 0.185 e. The van der Waals surface area contributed by atoms with Crippen LogP contribution < -0.4 is 4.90 Å². The minimum absolute atomic E-state index is 0.165. The van der Waals surface area contributed by atoms with E-state index in [1.165, 1.54) is 23.3 Å². The summed E-state index contributed by atoms with van der Waals surface area (Å²) in [5.41, 5.74) is 4.51. The van der Waals surface area contributed by atoms with Gasteiger partial charge >= 0.3 is 0 Å². The molecule has 1 aliphatic heterocycles. The van der Waals surface area contributed by atoms with E-state index in [1.807, 2.05) is 0 Å². The minimum atomic E-state index is -3.50. The number of aromatic nitrogens is 1. The number of thiazole rings is 1. The second-order valence-corrected chi connectivity index (χ2v) is 11.6. The second kappa shape index (κ2) is 8.50. The van der Waals surface area contributed by atoms with E-state index in [1.54, 1.807) is 17.4 Å². The van der Waals surface area contributed by atoms with Crippen LogP contribution in [0.1, 0.15) is 24.0 Å². The third-order valence-corrected chi connectivity index (χ3v) is 9.24. The summed E-state index contributed by atoms with van der Waals surface area (Å²) in [6, 6.07) is 11.0. The molecule has 8 heteroatoms. The minimum Gasteiger partial charge on any atom is -0.348 e. The lowest BCUT2D eigenvalue weighted by Crippen LogP contribution is -2.39. The average Bonchev–Trinajstić information content (AvgIpc) is 3.17. The summed E-state index contributed by atoms with van der Waals surface area (Å²) < 4.78 is 26.1. The van der Waals surface area contributed by atoms with Crippen molar-refractivity contribution in [2.75, 3.05) is 18.0 Å². The number of benzene rings is 2. The molecule has 2 heterocycles. The highest BCUT2D eigenvalue weighted by Gasteiger charge is 2.33. The van der Waals surface area contributed by atoms with E-state index in [0.717, 1.165) is 16.4 Å². The largest absolute Gasteiger partial charge is 0.348 e. The van der Waals surface area contributed by atoms with Gasteiger partial charge < -0.3 is 4.90 Å². The van der Waals surface area contributed by atoms with E-state index >= 15 is 0 Å². The van der Waals surface area contributed by atoms with Crippen LogP contribution in [0.5, 0.6) is 0 Å². The predicted octanol–water partition coefficient (Wildman–Crippen LogP) is 6.18. The van der Waals surface area contributed by atoms with Crippen LogP contribution in [0.15, 0.2) is 46.7 Å². The summed E-state index contributed by atoms with van der Waals surface area (Å²) in [6.07, 6.45) is 1.08. The number of halogens is 2. The van der Waals surface area contributed by atoms with Gasteiger partial charge in [0.05, 0.1) is 20.9 Å². The Hall–Kier alpha value is -1.60. The molecule has 4 nitrogen and oxygen atoms in total. The van der Waals surface area contributed by atoms with Gasteiger partial charge in [-0.2, -0.15) is 0 Å². The molecule has 1 saturated heterocycles. The van der Waals surface area contributed by atoms with Gasteiger partial charge in [-0.15, -0.1) is 11.3 Å². The van der Waals surface area contributed by atoms with Crippen LogP contribution in [0, 0.1) is 13.8 Å². The maximum absolute atomic E-state index is 13.1. The SMILES string of the molecule is Cc1cc(C)cc(-c2csc(N3CCC(S(=O)(=O)c4ccc(Cl)cc4Cl)CC3)n2)c1. The van der Waals surface area contributed by atoms with Crippen molar-refractivity contribution in [3.63, 3.8) is 0 Å². The van der Waals surface area contributed by atoms with Gasteiger partial charge in [0.2, 0.25) is 0 Å². The van der Waals surface area contributed by atoms with Gasteiger partial charge in [-0.05, 0) is 57.0 Å². The quantitative estimate of drug-likeness (QED) is 0.447. The molecule has 1 aromatic heterocycles. The van der Waals surface area contributed by atoms with E-state index in [2.05, 4.69) is 42.3 Å². The Kier molecular flexibility index (Phi) is 6.13. The first kappa shape index (κ1) is 21.6. The third-order valence-electron chi connectivity index (χ3n) is 5.36. The number of aryl methyl sites for hydroxylation is 2. The second-order valence-electron chi connectivity index (χ2n) is 7.70. The summed E-state index contributed by atoms with van der Waals surface area (Å²) in [5, 5.41) is 3.16. The smallest absolute Gasteiger partial charge is 0.185 e. The van der Waals surface area contributed by atoms with Crippen molar-refractivity contribution in [2.24, 2.45) is 0 Å². The van der Waals surface area contributed by atoms with Crippen LogP contribution in [0.3, 0.4) is 0 Å². The number of nitrogens with zero attached hydrogens (tertiary/aromatic N) is 2. The molecule has 0 N–H and O–H groups in total. The number of hydrogen-bond donors (Lipinski definition) is 0. The molecule has 2 aromatic carbocycles. The Bertz CT molecular complexity index is 1160. The van der Waals surface area contributed by atoms with E-state index in [9.17, 15) is 8.42 Å². The maximum atomic E-state index is 13.1. The summed E-state index contributed by atoms with van der Waals surface area (Å²) in [5.74, 6) is 0. The number of rotatable bonds is 4. The van der Waals surface area contributed by atoms with Gasteiger partial charge in [-0.1, -0.05) is 40.4 Å². The molecule has 158 valence electrons. The van der Waals surface area contributed by atoms with Crippen LogP contribution in [0.2, 0.25) is 10.0 Å². The first-order valence-corrected chi connectivity index (χ1v) is 12.9. The highest BCUT2D eigenvalue weighted by molar-refractivity contribution is 7.92. The fourth-order valence-corrected chi connectivity index (χ4v) is 7.31. The van der Waals surface area contributed by atoms with E-state index in [0.29, 0.717) is 31.0 Å². The van der Waals surface area contributed by atoms with Crippen LogP contribution >= 0.6 is 34.5 Å². The van der Waals surface area contributed by atoms with Gasteiger partial charge in [0.1, 0.15) is 0 Å². The van der Waals surface area contributed by atoms with Gasteiger partial charge in [0.15, 0.2) is 15.0 Å². The number of piperidine rings is 1. The monoisotopic (exact) mass is 480 g/mol. The number of sulfone groups is 1. The molecule has 0 aliphatic carbocycles. The van der Waals surface area contributed by atoms with Gasteiger partial charge in [0, 0.05) is 29.1 Å². The highest BCUT2D eigenvalue weighted by atomic mass is 35.5. The Balaban J connectivity index is 1.48. The summed E-state index contributed by atoms with van der Waals surface area (Å²) >= 11 is 13.7. The predicted molar refractivity (Wildman–Crippen MR) is 126 cm³/mol. The van der Waals surface area contributed by atoms with Crippen molar-refractivity contribution in [3.8, 4) is 11.3 Å². The van der Waals surface area contributed by atoms with Gasteiger partial charge in [0.25, 0.3) is 0 Å². The molecule has 4 rings (SSSR count). The zero-order valence-corrected chi connectivity index (χ0v) is 19.9. The third kappa shape index (κ3) is 4.37. The lowest BCUT2D eigenvalue weighted by molar-refractivity contribution is 0.529. The van der Waals surface area contributed by atoms with E-state index < -0.39 is 15.1 Å². The fraction of sp³-hybridized carbons (Fsp3) is 0.318. The molecule has 3 aromatic rings. The van der Waals surface area contributed by atoms with Crippen LogP contribution in [0.25, 0.3) is 11.3 Å². The molecule has 0 unspecified atom stereocenters. The zero-order valence-electron chi connectivity index (χ0n) is 16.7. The normalized spacial score (nSPS) is 15.5. The lowest BCUT2D eigenvalue weighted by Gasteiger charge is -2.31. The fourth-order valence-electron chi connectivity index (χ4n) is 3.91. The number of hydrogen-bond acceptors (Lipinski definition) is 5. The first-order chi connectivity index (χ1) is 14.2. The van der Waals surface area contributed by atoms with Crippen molar-refractivity contribution < 1.29 is 8.42 Å². The molecular formula is C22H22Cl2N2O2S2. The molecule has 0 radical (unpaired) electrons. The summed E-state index contributed by atoms with van der Waals surface area (Å²) in [6.45, 7) is 5.47. The molecule has 1 aliphatic rings. The molecule has 0 saturated carbocycles. The molecule has 0 atom stereocenters. The Morgan fingerprint density at radius 2 is 1.70 bits per heavy atom. The standard InChI is InChI=1S/C22H22Cl2N2O2S2/c1-14-9-15(2)11-16(10-14)20-13-29-22(25-20)26-7-5-18(6-8-26)30(27,28)21-4-3-17(23)12-19(21)24/h3-4,9-13,18H,5-8H2,1-2H3. The first-order valence-electron chi connectivity index (χ1n) is 9.72. The van der Waals surface area contributed by atoms with Crippen LogP contribution in [0.4, 0.5) is 5.13 Å². The van der Waals surface area contributed by atoms with E-state index in [-0.39, 0.29) is 9.92 Å². The van der Waals surface area contributed by atoms with Crippen molar-refractivity contribution in [1.29, 1.82) is 0 Å². The molecule has 0 spiro atoms. The molecule has 0 bridgehead atoms. The Labute approximate surface area is 191 Å². The van der Waals surface area contributed by atoms with Crippen LogP contribution in [-0.2, 0) is 9.84 Å². The highest BCUT2D eigenvalue weighted by Crippen LogP contribution is 2.34. The van der Waals surface area contributed by atoms with Crippen molar-refractivity contribution in [3.05, 3.63) is 63.0 Å². The van der Waals surface area contributed by atoms with Crippen molar-refractivity contribution in [1.82, 2.24) is 4.98 Å². The lowest BCUT2D eigenvalue weighted by atomic mass is 10.1. The zero-order chi connectivity index (χ0) is 21.5. The van der Waals surface area contributed by atoms with Crippen molar-refractivity contribution in [2.45, 2.75) is 36.8 Å².